The Morgan fingerprint density at radius 2 is 2.38 bits per heavy atom. The maximum absolute atomic E-state index is 10.5. The Kier molecular flexibility index (Phi) is 2.95. The number of cyclic esters (lactones) is 2. The van der Waals surface area contributed by atoms with E-state index >= 15 is 0 Å². The summed E-state index contributed by atoms with van der Waals surface area (Å²) in [6.07, 6.45) is -0.974. The van der Waals surface area contributed by atoms with Gasteiger partial charge in [0.1, 0.15) is 19.0 Å². The molecular weight excluding hydrogens is 172 g/mol. The molecule has 0 aromatic carbocycles. The first-order valence-electron chi connectivity index (χ1n) is 3.90. The van der Waals surface area contributed by atoms with E-state index in [-0.39, 0.29) is 19.3 Å². The second-order valence-corrected chi connectivity index (χ2v) is 2.82. The van der Waals surface area contributed by atoms with E-state index in [0.29, 0.717) is 5.76 Å². The van der Waals surface area contributed by atoms with Gasteiger partial charge in [-0.2, -0.15) is 0 Å². The topological polar surface area (TPSA) is 44.8 Å². The molecule has 4 heteroatoms. The van der Waals surface area contributed by atoms with Gasteiger partial charge >= 0.3 is 6.16 Å². The fraction of sp³-hybridized carbons (Fsp3) is 0.444. The average Bonchev–Trinajstić information content (AvgIpc) is 2.47. The first kappa shape index (κ1) is 9.64. The molecule has 0 radical (unpaired) electrons. The van der Waals surface area contributed by atoms with E-state index in [2.05, 4.69) is 17.9 Å². The van der Waals surface area contributed by atoms with Crippen LogP contribution in [-0.2, 0) is 14.2 Å². The Hall–Kier alpha value is -1.45. The highest BCUT2D eigenvalue weighted by molar-refractivity contribution is 5.61. The molecule has 0 N–H and O–H groups in total. The van der Waals surface area contributed by atoms with Gasteiger partial charge in [-0.3, -0.25) is 0 Å². The van der Waals surface area contributed by atoms with Crippen LogP contribution in [0.3, 0.4) is 0 Å². The van der Waals surface area contributed by atoms with Crippen molar-refractivity contribution in [2.45, 2.75) is 13.0 Å². The first-order valence-corrected chi connectivity index (χ1v) is 3.90. The molecule has 1 fully saturated rings. The molecule has 1 unspecified atom stereocenters. The third-order valence-corrected chi connectivity index (χ3v) is 1.57. The van der Waals surface area contributed by atoms with Gasteiger partial charge in [0.15, 0.2) is 6.10 Å². The molecule has 1 heterocycles. The summed E-state index contributed by atoms with van der Waals surface area (Å²) in [4.78, 5) is 10.5. The zero-order valence-electron chi connectivity index (χ0n) is 7.54. The minimum atomic E-state index is -0.644. The molecular formula is C9H12O4. The number of rotatable bonds is 4. The fourth-order valence-electron chi connectivity index (χ4n) is 0.764. The monoisotopic (exact) mass is 184 g/mol. The SMILES string of the molecule is C=C(C)C(=C)OCC1COC(=O)O1. The Morgan fingerprint density at radius 3 is 2.85 bits per heavy atom. The molecule has 13 heavy (non-hydrogen) atoms. The quantitative estimate of drug-likeness (QED) is 0.378. The number of carbonyl (C=O) groups excluding carboxylic acids is 1. The highest BCUT2D eigenvalue weighted by Crippen LogP contribution is 2.10. The van der Waals surface area contributed by atoms with Crippen molar-refractivity contribution >= 4 is 6.16 Å². The molecule has 0 aromatic heterocycles. The number of allylic oxidation sites excluding steroid dienone is 1. The molecule has 0 amide bonds. The van der Waals surface area contributed by atoms with Gasteiger partial charge in [-0.15, -0.1) is 0 Å². The summed E-state index contributed by atoms with van der Waals surface area (Å²) in [5, 5.41) is 0. The van der Waals surface area contributed by atoms with Crippen LogP contribution >= 0.6 is 0 Å². The summed E-state index contributed by atoms with van der Waals surface area (Å²) < 4.78 is 14.5. The van der Waals surface area contributed by atoms with Crippen molar-refractivity contribution in [2.75, 3.05) is 13.2 Å². The van der Waals surface area contributed by atoms with E-state index in [1.54, 1.807) is 6.92 Å². The number of hydrogen-bond acceptors (Lipinski definition) is 4. The summed E-state index contributed by atoms with van der Waals surface area (Å²) in [6.45, 7) is 9.57. The van der Waals surface area contributed by atoms with Crippen LogP contribution in [0.25, 0.3) is 0 Å². The van der Waals surface area contributed by atoms with Crippen molar-refractivity contribution in [2.24, 2.45) is 0 Å². The molecule has 0 bridgehead atoms. The summed E-state index contributed by atoms with van der Waals surface area (Å²) in [7, 11) is 0. The molecule has 0 aromatic rings. The standard InChI is InChI=1S/C9H12O4/c1-6(2)7(3)11-4-8-5-12-9(10)13-8/h8H,1,3-5H2,2H3. The van der Waals surface area contributed by atoms with Gasteiger partial charge in [-0.05, 0) is 12.5 Å². The van der Waals surface area contributed by atoms with Crippen LogP contribution < -0.4 is 0 Å². The Morgan fingerprint density at radius 1 is 1.69 bits per heavy atom. The van der Waals surface area contributed by atoms with Crippen molar-refractivity contribution in [3.63, 3.8) is 0 Å². The van der Waals surface area contributed by atoms with Crippen molar-refractivity contribution in [3.8, 4) is 0 Å². The molecule has 1 saturated heterocycles. The average molecular weight is 184 g/mol. The molecule has 0 aliphatic carbocycles. The number of hydrogen-bond donors (Lipinski definition) is 0. The molecule has 1 aliphatic rings. The Balaban J connectivity index is 2.23. The zero-order chi connectivity index (χ0) is 9.84. The Bertz CT molecular complexity index is 244. The lowest BCUT2D eigenvalue weighted by atomic mass is 10.3. The van der Waals surface area contributed by atoms with Gasteiger partial charge in [-0.25, -0.2) is 4.79 Å². The van der Waals surface area contributed by atoms with Crippen LogP contribution in [0.2, 0.25) is 0 Å². The Labute approximate surface area is 76.8 Å². The second kappa shape index (κ2) is 3.98. The largest absolute Gasteiger partial charge is 0.508 e. The van der Waals surface area contributed by atoms with Gasteiger partial charge in [0, 0.05) is 0 Å². The predicted octanol–water partition coefficient (Wildman–Crippen LogP) is 1.63. The van der Waals surface area contributed by atoms with Crippen LogP contribution in [0.5, 0.6) is 0 Å². The molecule has 1 aliphatic heterocycles. The number of ether oxygens (including phenoxy) is 3. The fourth-order valence-corrected chi connectivity index (χ4v) is 0.764. The third kappa shape index (κ3) is 2.82. The minimum Gasteiger partial charge on any atom is -0.490 e. The van der Waals surface area contributed by atoms with E-state index in [1.165, 1.54) is 0 Å². The first-order chi connectivity index (χ1) is 6.09. The lowest BCUT2D eigenvalue weighted by Gasteiger charge is -2.10. The van der Waals surface area contributed by atoms with E-state index in [1.807, 2.05) is 0 Å². The van der Waals surface area contributed by atoms with Crippen LogP contribution in [0.1, 0.15) is 6.92 Å². The summed E-state index contributed by atoms with van der Waals surface area (Å²) in [5.41, 5.74) is 0.755. The van der Waals surface area contributed by atoms with Crippen molar-refractivity contribution < 1.29 is 19.0 Å². The zero-order valence-corrected chi connectivity index (χ0v) is 7.54. The van der Waals surface area contributed by atoms with E-state index in [4.69, 9.17) is 9.47 Å². The molecule has 4 nitrogen and oxygen atoms in total. The van der Waals surface area contributed by atoms with Crippen LogP contribution in [0, 0.1) is 0 Å². The summed E-state index contributed by atoms with van der Waals surface area (Å²) in [6, 6.07) is 0. The van der Waals surface area contributed by atoms with Gasteiger partial charge in [0.2, 0.25) is 0 Å². The van der Waals surface area contributed by atoms with Gasteiger partial charge in [0.05, 0.1) is 0 Å². The summed E-state index contributed by atoms with van der Waals surface area (Å²) >= 11 is 0. The number of carbonyl (C=O) groups is 1. The molecule has 1 rings (SSSR count). The third-order valence-electron chi connectivity index (χ3n) is 1.57. The van der Waals surface area contributed by atoms with Gasteiger partial charge in [-0.1, -0.05) is 13.2 Å². The smallest absolute Gasteiger partial charge is 0.490 e. The van der Waals surface area contributed by atoms with Crippen LogP contribution in [0.4, 0.5) is 4.79 Å². The highest BCUT2D eigenvalue weighted by Gasteiger charge is 2.25. The van der Waals surface area contributed by atoms with E-state index in [0.717, 1.165) is 5.57 Å². The maximum Gasteiger partial charge on any atom is 0.508 e. The lowest BCUT2D eigenvalue weighted by Crippen LogP contribution is -2.17. The van der Waals surface area contributed by atoms with Crippen molar-refractivity contribution in [3.05, 3.63) is 24.5 Å². The maximum atomic E-state index is 10.5. The molecule has 0 spiro atoms. The lowest BCUT2D eigenvalue weighted by molar-refractivity contribution is 0.0787. The van der Waals surface area contributed by atoms with Crippen molar-refractivity contribution in [1.82, 2.24) is 0 Å². The van der Waals surface area contributed by atoms with Crippen LogP contribution in [-0.4, -0.2) is 25.5 Å². The second-order valence-electron chi connectivity index (χ2n) is 2.82. The minimum absolute atomic E-state index is 0.238. The van der Waals surface area contributed by atoms with Gasteiger partial charge < -0.3 is 14.2 Å². The normalized spacial score (nSPS) is 20.4. The van der Waals surface area contributed by atoms with Gasteiger partial charge in [0.25, 0.3) is 0 Å². The van der Waals surface area contributed by atoms with Crippen molar-refractivity contribution in [1.29, 1.82) is 0 Å². The summed E-state index contributed by atoms with van der Waals surface area (Å²) in [5.74, 6) is 0.503. The molecule has 1 atom stereocenters. The predicted molar refractivity (Wildman–Crippen MR) is 46.1 cm³/mol. The van der Waals surface area contributed by atoms with E-state index < -0.39 is 6.16 Å². The molecule has 72 valence electrons. The van der Waals surface area contributed by atoms with Crippen LogP contribution in [0.15, 0.2) is 24.5 Å². The highest BCUT2D eigenvalue weighted by atomic mass is 16.8. The molecule has 0 saturated carbocycles. The van der Waals surface area contributed by atoms with E-state index in [9.17, 15) is 4.79 Å².